The molecule has 1 aromatic heterocycles. The van der Waals surface area contributed by atoms with Gasteiger partial charge in [-0.3, -0.25) is 4.98 Å². The summed E-state index contributed by atoms with van der Waals surface area (Å²) < 4.78 is 0. The molecule has 1 unspecified atom stereocenters. The summed E-state index contributed by atoms with van der Waals surface area (Å²) in [6.07, 6.45) is 3.46. The Bertz CT molecular complexity index is 654. The van der Waals surface area contributed by atoms with E-state index in [4.69, 9.17) is 0 Å². The van der Waals surface area contributed by atoms with E-state index in [1.54, 1.807) is 12.4 Å². The molecule has 0 radical (unpaired) electrons. The van der Waals surface area contributed by atoms with Gasteiger partial charge in [0, 0.05) is 18.1 Å². The number of pyridine rings is 1. The van der Waals surface area contributed by atoms with Crippen LogP contribution in [0.15, 0.2) is 42.7 Å². The molecule has 4 nitrogen and oxygen atoms in total. The van der Waals surface area contributed by atoms with Gasteiger partial charge in [0.05, 0.1) is 6.04 Å². The Kier molecular flexibility index (Phi) is 5.96. The van der Waals surface area contributed by atoms with Crippen molar-refractivity contribution in [3.05, 3.63) is 59.4 Å². The van der Waals surface area contributed by atoms with Crippen LogP contribution in [-0.2, 0) is 0 Å². The molecule has 0 bridgehead atoms. The van der Waals surface area contributed by atoms with E-state index in [1.165, 1.54) is 0 Å². The highest BCUT2D eigenvalue weighted by molar-refractivity contribution is 5.91. The fraction of sp³-hybridized carbons (Fsp3) is 0.400. The van der Waals surface area contributed by atoms with E-state index < -0.39 is 0 Å². The minimum atomic E-state index is -0.186. The number of rotatable bonds is 5. The van der Waals surface area contributed by atoms with Gasteiger partial charge in [0.15, 0.2) is 0 Å². The molecule has 0 aliphatic rings. The third-order valence-corrected chi connectivity index (χ3v) is 4.17. The fourth-order valence-corrected chi connectivity index (χ4v) is 2.78. The third kappa shape index (κ3) is 4.34. The zero-order valence-electron chi connectivity index (χ0n) is 15.1. The molecule has 128 valence electrons. The van der Waals surface area contributed by atoms with Crippen LogP contribution in [0.2, 0.25) is 0 Å². The number of carbonyl (C=O) groups is 1. The first-order chi connectivity index (χ1) is 11.4. The quantitative estimate of drug-likeness (QED) is 0.792. The summed E-state index contributed by atoms with van der Waals surface area (Å²) in [4.78, 5) is 16.5. The average Bonchev–Trinajstić information content (AvgIpc) is 2.55. The second-order valence-electron chi connectivity index (χ2n) is 6.72. The Morgan fingerprint density at radius 3 is 1.96 bits per heavy atom. The maximum Gasteiger partial charge on any atom is 0.319 e. The number of nitrogens with zero attached hydrogens (tertiary/aromatic N) is 1. The number of amides is 2. The lowest BCUT2D eigenvalue weighted by molar-refractivity contribution is 0.249. The van der Waals surface area contributed by atoms with Crippen molar-refractivity contribution >= 4 is 11.7 Å². The topological polar surface area (TPSA) is 54.0 Å². The Morgan fingerprint density at radius 2 is 1.46 bits per heavy atom. The summed E-state index contributed by atoms with van der Waals surface area (Å²) in [5.41, 5.74) is 4.28. The number of urea groups is 1. The molecule has 0 spiro atoms. The number of nitrogens with one attached hydrogen (secondary N) is 2. The van der Waals surface area contributed by atoms with Crippen LogP contribution in [0, 0.1) is 0 Å². The number of anilines is 1. The van der Waals surface area contributed by atoms with Gasteiger partial charge in [-0.1, -0.05) is 45.9 Å². The van der Waals surface area contributed by atoms with Crippen LogP contribution in [0.5, 0.6) is 0 Å². The molecule has 2 N–H and O–H groups in total. The van der Waals surface area contributed by atoms with Crippen molar-refractivity contribution in [1.29, 1.82) is 0 Å². The Labute approximate surface area is 144 Å². The van der Waals surface area contributed by atoms with E-state index in [2.05, 4.69) is 61.5 Å². The third-order valence-electron chi connectivity index (χ3n) is 4.17. The van der Waals surface area contributed by atoms with Gasteiger partial charge < -0.3 is 10.6 Å². The van der Waals surface area contributed by atoms with E-state index in [9.17, 15) is 4.79 Å². The Morgan fingerprint density at radius 1 is 0.917 bits per heavy atom. The monoisotopic (exact) mass is 325 g/mol. The van der Waals surface area contributed by atoms with E-state index in [0.717, 1.165) is 22.4 Å². The van der Waals surface area contributed by atoms with Crippen LogP contribution in [0.1, 0.15) is 69.2 Å². The van der Waals surface area contributed by atoms with E-state index >= 15 is 0 Å². The lowest BCUT2D eigenvalue weighted by atomic mass is 9.93. The van der Waals surface area contributed by atoms with E-state index in [0.29, 0.717) is 11.8 Å². The first-order valence-electron chi connectivity index (χ1n) is 8.50. The molecule has 24 heavy (non-hydrogen) atoms. The Balaban J connectivity index is 2.19. The molecule has 0 saturated carbocycles. The minimum absolute atomic E-state index is 0.0817. The SMILES string of the molecule is CC(C)c1cccc(C(C)C)c1NC(=O)NC(C)c1ccncc1. The van der Waals surface area contributed by atoms with E-state index in [1.807, 2.05) is 19.1 Å². The molecule has 0 fully saturated rings. The summed E-state index contributed by atoms with van der Waals surface area (Å²) in [5.74, 6) is 0.688. The molecular weight excluding hydrogens is 298 g/mol. The molecule has 2 amide bonds. The molecule has 1 atom stereocenters. The van der Waals surface area contributed by atoms with Crippen LogP contribution >= 0.6 is 0 Å². The Hall–Kier alpha value is -2.36. The van der Waals surface area contributed by atoms with Crippen LogP contribution in [-0.4, -0.2) is 11.0 Å². The second-order valence-corrected chi connectivity index (χ2v) is 6.72. The maximum atomic E-state index is 12.5. The normalized spacial score (nSPS) is 12.3. The molecule has 1 aromatic carbocycles. The standard InChI is InChI=1S/C20H27N3O/c1-13(2)17-7-6-8-18(14(3)4)19(17)23-20(24)22-15(5)16-9-11-21-12-10-16/h6-15H,1-5H3,(H2,22,23,24). The van der Waals surface area contributed by atoms with Crippen LogP contribution in [0.25, 0.3) is 0 Å². The van der Waals surface area contributed by atoms with Gasteiger partial charge >= 0.3 is 6.03 Å². The summed E-state index contributed by atoms with van der Waals surface area (Å²) in [6.45, 7) is 10.5. The zero-order chi connectivity index (χ0) is 17.7. The van der Waals surface area contributed by atoms with Gasteiger partial charge in [0.1, 0.15) is 0 Å². The van der Waals surface area contributed by atoms with Crippen molar-refractivity contribution < 1.29 is 4.79 Å². The highest BCUT2D eigenvalue weighted by Gasteiger charge is 2.17. The summed E-state index contributed by atoms with van der Waals surface area (Å²) >= 11 is 0. The molecular formula is C20H27N3O. The number of hydrogen-bond acceptors (Lipinski definition) is 2. The lowest BCUT2D eigenvalue weighted by Crippen LogP contribution is -2.32. The minimum Gasteiger partial charge on any atom is -0.331 e. The predicted molar refractivity (Wildman–Crippen MR) is 99.4 cm³/mol. The van der Waals surface area contributed by atoms with Crippen LogP contribution in [0.3, 0.4) is 0 Å². The van der Waals surface area contributed by atoms with Gasteiger partial charge in [-0.15, -0.1) is 0 Å². The van der Waals surface area contributed by atoms with Gasteiger partial charge in [-0.25, -0.2) is 4.79 Å². The fourth-order valence-electron chi connectivity index (χ4n) is 2.78. The summed E-state index contributed by atoms with van der Waals surface area (Å²) in [6, 6.07) is 9.78. The predicted octanol–water partition coefficient (Wildman–Crippen LogP) is 5.21. The second kappa shape index (κ2) is 7.95. The molecule has 2 aromatic rings. The molecule has 2 rings (SSSR count). The van der Waals surface area contributed by atoms with Crippen molar-refractivity contribution in [2.75, 3.05) is 5.32 Å². The molecule has 4 heteroatoms. The molecule has 0 aliphatic carbocycles. The average molecular weight is 325 g/mol. The van der Waals surface area contributed by atoms with Crippen molar-refractivity contribution in [2.24, 2.45) is 0 Å². The van der Waals surface area contributed by atoms with Crippen molar-refractivity contribution in [1.82, 2.24) is 10.3 Å². The molecule has 0 saturated heterocycles. The molecule has 0 aliphatic heterocycles. The van der Waals surface area contributed by atoms with Crippen LogP contribution in [0.4, 0.5) is 10.5 Å². The number of benzene rings is 1. The largest absolute Gasteiger partial charge is 0.331 e. The lowest BCUT2D eigenvalue weighted by Gasteiger charge is -2.21. The summed E-state index contributed by atoms with van der Waals surface area (Å²) in [7, 11) is 0. The van der Waals surface area contributed by atoms with Gasteiger partial charge in [0.25, 0.3) is 0 Å². The maximum absolute atomic E-state index is 12.5. The molecule has 1 heterocycles. The van der Waals surface area contributed by atoms with Crippen molar-refractivity contribution in [3.8, 4) is 0 Å². The van der Waals surface area contributed by atoms with Crippen molar-refractivity contribution in [3.63, 3.8) is 0 Å². The van der Waals surface area contributed by atoms with Crippen LogP contribution < -0.4 is 10.6 Å². The van der Waals surface area contributed by atoms with Gasteiger partial charge in [0.2, 0.25) is 0 Å². The first kappa shape index (κ1) is 18.0. The number of hydrogen-bond donors (Lipinski definition) is 2. The van der Waals surface area contributed by atoms with Gasteiger partial charge in [-0.2, -0.15) is 0 Å². The number of aromatic nitrogens is 1. The highest BCUT2D eigenvalue weighted by Crippen LogP contribution is 2.32. The first-order valence-corrected chi connectivity index (χ1v) is 8.50. The van der Waals surface area contributed by atoms with E-state index in [-0.39, 0.29) is 12.1 Å². The highest BCUT2D eigenvalue weighted by atomic mass is 16.2. The smallest absolute Gasteiger partial charge is 0.319 e. The summed E-state index contributed by atoms with van der Waals surface area (Å²) in [5, 5.41) is 6.08. The van der Waals surface area contributed by atoms with Gasteiger partial charge in [-0.05, 0) is 47.6 Å². The van der Waals surface area contributed by atoms with Crippen molar-refractivity contribution in [2.45, 2.75) is 52.5 Å². The zero-order valence-corrected chi connectivity index (χ0v) is 15.1. The number of para-hydroxylation sites is 1. The number of carbonyl (C=O) groups excluding carboxylic acids is 1.